The van der Waals surface area contributed by atoms with E-state index in [1.807, 2.05) is 6.07 Å². The van der Waals surface area contributed by atoms with Crippen molar-refractivity contribution in [1.29, 1.82) is 0 Å². The highest BCUT2D eigenvalue weighted by molar-refractivity contribution is 7.92. The van der Waals surface area contributed by atoms with Gasteiger partial charge in [0.25, 0.3) is 0 Å². The second kappa shape index (κ2) is 8.37. The van der Waals surface area contributed by atoms with Gasteiger partial charge in [-0.15, -0.1) is 0 Å². The van der Waals surface area contributed by atoms with Crippen LogP contribution in [-0.4, -0.2) is 39.7 Å². The van der Waals surface area contributed by atoms with E-state index in [0.717, 1.165) is 18.4 Å². The molecule has 3 rings (SSSR count). The summed E-state index contributed by atoms with van der Waals surface area (Å²) in [5, 5.41) is 4.05. The summed E-state index contributed by atoms with van der Waals surface area (Å²) in [6, 6.07) is 12.3. The van der Waals surface area contributed by atoms with Crippen LogP contribution < -0.4 is 14.8 Å². The van der Waals surface area contributed by atoms with Gasteiger partial charge in [0, 0.05) is 18.7 Å². The first-order valence-corrected chi connectivity index (χ1v) is 10.9. The van der Waals surface area contributed by atoms with E-state index in [1.165, 1.54) is 0 Å². The third-order valence-corrected chi connectivity index (χ3v) is 5.04. The Morgan fingerprint density at radius 2 is 1.93 bits per heavy atom. The van der Waals surface area contributed by atoms with Gasteiger partial charge in [0.1, 0.15) is 5.84 Å². The minimum atomic E-state index is -3.35. The van der Waals surface area contributed by atoms with E-state index in [1.54, 1.807) is 36.4 Å². The number of hydrogen-bond donors (Lipinski definition) is 2. The fourth-order valence-corrected chi connectivity index (χ4v) is 3.80. The molecule has 6 nitrogen and oxygen atoms in total. The Balaban J connectivity index is 1.86. The van der Waals surface area contributed by atoms with Crippen LogP contribution in [0, 0.1) is 0 Å². The van der Waals surface area contributed by atoms with E-state index in [9.17, 15) is 8.42 Å². The molecule has 1 heterocycles. The van der Waals surface area contributed by atoms with E-state index in [-0.39, 0.29) is 0 Å². The molecule has 1 aliphatic rings. The van der Waals surface area contributed by atoms with E-state index < -0.39 is 16.1 Å². The van der Waals surface area contributed by atoms with Gasteiger partial charge in [-0.25, -0.2) is 8.42 Å². The zero-order valence-corrected chi connectivity index (χ0v) is 16.9. The van der Waals surface area contributed by atoms with Crippen LogP contribution in [0.5, 0.6) is 5.75 Å². The number of aliphatic imine (C=N–C) groups is 1. The highest BCUT2D eigenvalue weighted by Gasteiger charge is 2.23. The second-order valence-corrected chi connectivity index (χ2v) is 8.69. The number of benzene rings is 2. The van der Waals surface area contributed by atoms with Gasteiger partial charge in [0.15, 0.2) is 11.9 Å². The lowest BCUT2D eigenvalue weighted by atomic mass is 10.1. The summed E-state index contributed by atoms with van der Waals surface area (Å²) in [5.74, 6) is 1.11. The van der Waals surface area contributed by atoms with Crippen molar-refractivity contribution in [3.05, 3.63) is 58.1 Å². The summed E-state index contributed by atoms with van der Waals surface area (Å²) in [4.78, 5) is 4.45. The van der Waals surface area contributed by atoms with Crippen LogP contribution in [0.15, 0.2) is 47.5 Å². The molecule has 2 aromatic carbocycles. The highest BCUT2D eigenvalue weighted by atomic mass is 35.5. The Morgan fingerprint density at radius 1 is 1.22 bits per heavy atom. The first-order valence-electron chi connectivity index (χ1n) is 8.27. The number of sulfonamides is 1. The number of nitrogens with zero attached hydrogens (tertiary/aromatic N) is 1. The molecule has 0 amide bonds. The van der Waals surface area contributed by atoms with Crippen molar-refractivity contribution in [2.75, 3.05) is 24.1 Å². The average molecular weight is 428 g/mol. The van der Waals surface area contributed by atoms with Gasteiger partial charge in [-0.05, 0) is 29.8 Å². The van der Waals surface area contributed by atoms with Gasteiger partial charge in [0.05, 0.1) is 22.8 Å². The van der Waals surface area contributed by atoms with Crippen molar-refractivity contribution in [2.24, 2.45) is 4.99 Å². The lowest BCUT2D eigenvalue weighted by Gasteiger charge is -2.21. The molecule has 0 radical (unpaired) electrons. The zero-order chi connectivity index (χ0) is 19.4. The molecule has 1 atom stereocenters. The molecule has 2 N–H and O–H groups in total. The molecule has 144 valence electrons. The van der Waals surface area contributed by atoms with Gasteiger partial charge in [0.2, 0.25) is 10.0 Å². The number of para-hydroxylation sites is 1. The van der Waals surface area contributed by atoms with Gasteiger partial charge in [-0.1, -0.05) is 41.4 Å². The Morgan fingerprint density at radius 3 is 2.56 bits per heavy atom. The Labute approximate surface area is 168 Å². The van der Waals surface area contributed by atoms with Gasteiger partial charge in [-0.2, -0.15) is 0 Å². The predicted octanol–water partition coefficient (Wildman–Crippen LogP) is 3.36. The van der Waals surface area contributed by atoms with E-state index in [4.69, 9.17) is 27.9 Å². The first kappa shape index (κ1) is 19.8. The summed E-state index contributed by atoms with van der Waals surface area (Å²) in [6.07, 6.45) is 1.15. The normalized spacial score (nSPS) is 15.0. The van der Waals surface area contributed by atoms with E-state index >= 15 is 0 Å². The third-order valence-electron chi connectivity index (χ3n) is 3.84. The highest BCUT2D eigenvalue weighted by Crippen LogP contribution is 2.33. The lowest BCUT2D eigenvalue weighted by Crippen LogP contribution is -2.37. The molecule has 0 bridgehead atoms. The molecule has 0 aromatic heterocycles. The van der Waals surface area contributed by atoms with Gasteiger partial charge in [-0.3, -0.25) is 9.71 Å². The van der Waals surface area contributed by atoms with Crippen LogP contribution in [0.4, 0.5) is 5.69 Å². The minimum Gasteiger partial charge on any atom is -0.479 e. The zero-order valence-electron chi connectivity index (χ0n) is 14.6. The van der Waals surface area contributed by atoms with Crippen LogP contribution in [0.3, 0.4) is 0 Å². The smallest absolute Gasteiger partial charge is 0.229 e. The number of ether oxygens (including phenoxy) is 1. The molecule has 0 saturated heterocycles. The number of hydrogen-bond acceptors (Lipinski definition) is 5. The second-order valence-electron chi connectivity index (χ2n) is 6.13. The van der Waals surface area contributed by atoms with E-state index in [2.05, 4.69) is 15.0 Å². The van der Waals surface area contributed by atoms with Crippen molar-refractivity contribution in [3.63, 3.8) is 0 Å². The monoisotopic (exact) mass is 427 g/mol. The summed E-state index contributed by atoms with van der Waals surface area (Å²) < 4.78 is 31.5. The van der Waals surface area contributed by atoms with Crippen LogP contribution in [0.1, 0.15) is 5.56 Å². The van der Waals surface area contributed by atoms with Crippen molar-refractivity contribution < 1.29 is 13.2 Å². The first-order chi connectivity index (χ1) is 12.8. The Bertz CT molecular complexity index is 944. The molecule has 1 aliphatic heterocycles. The van der Waals surface area contributed by atoms with E-state index in [0.29, 0.717) is 40.3 Å². The summed E-state index contributed by atoms with van der Waals surface area (Å²) in [6.45, 7) is 1.41. The van der Waals surface area contributed by atoms with Crippen molar-refractivity contribution in [3.8, 4) is 5.75 Å². The Kier molecular flexibility index (Phi) is 6.14. The standard InChI is InChI=1S/C18H19Cl2N3O3S/c1-27(24,25)23-13-5-2-4-12(10-13)11-16(18-21-8-9-22-18)26-17-14(19)6-3-7-15(17)20/h2-7,10,16,23H,8-9,11H2,1H3,(H,21,22). The maximum absolute atomic E-state index is 11.5. The van der Waals surface area contributed by atoms with Crippen molar-refractivity contribution >= 4 is 44.7 Å². The molecular formula is C18H19Cl2N3O3S. The van der Waals surface area contributed by atoms with Crippen LogP contribution >= 0.6 is 23.2 Å². The predicted molar refractivity (Wildman–Crippen MR) is 110 cm³/mol. The molecule has 1 unspecified atom stereocenters. The fraction of sp³-hybridized carbons (Fsp3) is 0.278. The number of halogens is 2. The average Bonchev–Trinajstić information content (AvgIpc) is 3.10. The fourth-order valence-electron chi connectivity index (χ4n) is 2.75. The molecule has 0 spiro atoms. The maximum atomic E-state index is 11.5. The lowest BCUT2D eigenvalue weighted by molar-refractivity contribution is 0.264. The SMILES string of the molecule is CS(=O)(=O)Nc1cccc(CC(Oc2c(Cl)cccc2Cl)C2=NCCN2)c1. The molecule has 27 heavy (non-hydrogen) atoms. The number of amidine groups is 1. The largest absolute Gasteiger partial charge is 0.479 e. The molecule has 2 aromatic rings. The molecule has 0 fully saturated rings. The van der Waals surface area contributed by atoms with Crippen LogP contribution in [0.2, 0.25) is 10.0 Å². The van der Waals surface area contributed by atoms with Crippen LogP contribution in [0.25, 0.3) is 0 Å². The number of rotatable bonds is 7. The molecular weight excluding hydrogens is 409 g/mol. The van der Waals surface area contributed by atoms with Crippen LogP contribution in [-0.2, 0) is 16.4 Å². The summed E-state index contributed by atoms with van der Waals surface area (Å²) in [5.41, 5.74) is 1.37. The Hall–Kier alpha value is -1.96. The topological polar surface area (TPSA) is 79.8 Å². The van der Waals surface area contributed by atoms with Crippen molar-refractivity contribution in [1.82, 2.24) is 5.32 Å². The number of nitrogens with one attached hydrogen (secondary N) is 2. The van der Waals surface area contributed by atoms with Gasteiger partial charge >= 0.3 is 0 Å². The minimum absolute atomic E-state index is 0.396. The summed E-state index contributed by atoms with van der Waals surface area (Å²) >= 11 is 12.5. The quantitative estimate of drug-likeness (QED) is 0.709. The molecule has 0 saturated carbocycles. The van der Waals surface area contributed by atoms with Crippen molar-refractivity contribution in [2.45, 2.75) is 12.5 Å². The molecule has 0 aliphatic carbocycles. The molecule has 9 heteroatoms. The number of anilines is 1. The maximum Gasteiger partial charge on any atom is 0.229 e. The van der Waals surface area contributed by atoms with Gasteiger partial charge < -0.3 is 10.1 Å². The third kappa shape index (κ3) is 5.51. The summed E-state index contributed by atoms with van der Waals surface area (Å²) in [7, 11) is -3.35.